The third kappa shape index (κ3) is 5.09. The van der Waals surface area contributed by atoms with Gasteiger partial charge in [-0.2, -0.15) is 0 Å². The Balaban J connectivity index is 1.59. The molecule has 0 bridgehead atoms. The number of rotatable bonds is 6. The van der Waals surface area contributed by atoms with Crippen LogP contribution in [0.1, 0.15) is 51.4 Å². The van der Waals surface area contributed by atoms with Gasteiger partial charge in [0.15, 0.2) is 0 Å². The number of Topliss-reactive ketones (excluding diaryl/α,β-unsaturated/α-hetero) is 1. The molecule has 0 unspecified atom stereocenters. The molecule has 7 heteroatoms. The number of aryl methyl sites for hydroxylation is 2. The maximum absolute atomic E-state index is 13.8. The standard InChI is InChI=1S/C30H36N4O3/c1-19(2)31(6)30(37)28(35)24-12-13-26-25(16-24)27(22(5)32(26)7)29(36)34-15-14-33(17-21(34)4)18-23-10-8-20(3)9-11-23/h8-13,16,19H,4,14-15,17-18H2,1-3,5-7H3. The Bertz CT molecular complexity index is 1380. The average Bonchev–Trinajstić information content (AvgIpc) is 3.12. The number of likely N-dealkylation sites (N-methyl/N-ethyl adjacent to an activating group) is 1. The van der Waals surface area contributed by atoms with E-state index in [0.717, 1.165) is 30.0 Å². The monoisotopic (exact) mass is 500 g/mol. The summed E-state index contributed by atoms with van der Waals surface area (Å²) in [6.45, 7) is 14.6. The molecule has 0 aliphatic carbocycles. The molecule has 2 heterocycles. The van der Waals surface area contributed by atoms with Gasteiger partial charge in [-0.15, -0.1) is 0 Å². The topological polar surface area (TPSA) is 65.9 Å². The number of benzene rings is 2. The number of aromatic nitrogens is 1. The van der Waals surface area contributed by atoms with E-state index in [9.17, 15) is 14.4 Å². The first-order valence-corrected chi connectivity index (χ1v) is 12.7. The second kappa shape index (κ2) is 10.3. The van der Waals surface area contributed by atoms with E-state index in [1.54, 1.807) is 24.1 Å². The summed E-state index contributed by atoms with van der Waals surface area (Å²) < 4.78 is 1.95. The third-order valence-corrected chi connectivity index (χ3v) is 7.46. The lowest BCUT2D eigenvalue weighted by Gasteiger charge is -2.36. The molecule has 0 spiro atoms. The quantitative estimate of drug-likeness (QED) is 0.374. The summed E-state index contributed by atoms with van der Waals surface area (Å²) in [6.07, 6.45) is 0. The van der Waals surface area contributed by atoms with Crippen molar-refractivity contribution in [2.75, 3.05) is 26.7 Å². The van der Waals surface area contributed by atoms with Gasteiger partial charge < -0.3 is 14.4 Å². The van der Waals surface area contributed by atoms with Crippen molar-refractivity contribution in [2.45, 2.75) is 40.3 Å². The van der Waals surface area contributed by atoms with E-state index < -0.39 is 11.7 Å². The number of carbonyl (C=O) groups excluding carboxylic acids is 3. The summed E-state index contributed by atoms with van der Waals surface area (Å²) in [5.41, 5.74) is 5.70. The van der Waals surface area contributed by atoms with Crippen molar-refractivity contribution in [3.05, 3.63) is 82.7 Å². The number of piperazine rings is 1. The highest BCUT2D eigenvalue weighted by Crippen LogP contribution is 2.29. The highest BCUT2D eigenvalue weighted by molar-refractivity contribution is 6.43. The first-order valence-electron chi connectivity index (χ1n) is 12.7. The number of ketones is 1. The van der Waals surface area contributed by atoms with Crippen molar-refractivity contribution in [1.29, 1.82) is 0 Å². The molecule has 7 nitrogen and oxygen atoms in total. The lowest BCUT2D eigenvalue weighted by molar-refractivity contribution is -0.126. The lowest BCUT2D eigenvalue weighted by atomic mass is 10.0. The lowest BCUT2D eigenvalue weighted by Crippen LogP contribution is -2.46. The van der Waals surface area contributed by atoms with E-state index in [2.05, 4.69) is 42.7 Å². The molecular formula is C30H36N4O3. The van der Waals surface area contributed by atoms with Crippen LogP contribution in [-0.2, 0) is 18.4 Å². The zero-order valence-corrected chi connectivity index (χ0v) is 22.7. The molecule has 3 aromatic rings. The third-order valence-electron chi connectivity index (χ3n) is 7.46. The molecule has 2 amide bonds. The molecule has 0 atom stereocenters. The Morgan fingerprint density at radius 1 is 1.03 bits per heavy atom. The number of hydrogen-bond acceptors (Lipinski definition) is 4. The molecular weight excluding hydrogens is 464 g/mol. The zero-order valence-electron chi connectivity index (χ0n) is 22.7. The van der Waals surface area contributed by atoms with Gasteiger partial charge in [0.25, 0.3) is 11.8 Å². The van der Waals surface area contributed by atoms with Gasteiger partial charge in [0, 0.05) is 74.2 Å². The summed E-state index contributed by atoms with van der Waals surface area (Å²) in [6, 6.07) is 13.6. The number of hydrogen-bond donors (Lipinski definition) is 0. The maximum atomic E-state index is 13.8. The zero-order chi connectivity index (χ0) is 27.0. The summed E-state index contributed by atoms with van der Waals surface area (Å²) in [5.74, 6) is -1.27. The van der Waals surface area contributed by atoms with Crippen LogP contribution in [0, 0.1) is 13.8 Å². The van der Waals surface area contributed by atoms with Gasteiger partial charge in [0.05, 0.1) is 5.56 Å². The van der Waals surface area contributed by atoms with Crippen LogP contribution in [0.3, 0.4) is 0 Å². The highest BCUT2D eigenvalue weighted by Gasteiger charge is 2.30. The molecule has 1 aromatic heterocycles. The Hall–Kier alpha value is -3.71. The fourth-order valence-electron chi connectivity index (χ4n) is 4.79. The summed E-state index contributed by atoms with van der Waals surface area (Å²) in [7, 11) is 3.52. The Morgan fingerprint density at radius 2 is 1.70 bits per heavy atom. The van der Waals surface area contributed by atoms with Gasteiger partial charge in [-0.05, 0) is 51.5 Å². The average molecular weight is 501 g/mol. The van der Waals surface area contributed by atoms with Gasteiger partial charge in [-0.1, -0.05) is 36.4 Å². The minimum atomic E-state index is -0.577. The van der Waals surface area contributed by atoms with E-state index in [1.807, 2.05) is 38.5 Å². The van der Waals surface area contributed by atoms with Crippen LogP contribution in [0.15, 0.2) is 54.7 Å². The van der Waals surface area contributed by atoms with Crippen LogP contribution in [0.25, 0.3) is 10.9 Å². The van der Waals surface area contributed by atoms with Gasteiger partial charge in [0.2, 0.25) is 5.78 Å². The molecule has 1 saturated heterocycles. The molecule has 0 saturated carbocycles. The van der Waals surface area contributed by atoms with E-state index in [-0.39, 0.29) is 17.5 Å². The highest BCUT2D eigenvalue weighted by atomic mass is 16.2. The predicted molar refractivity (Wildman–Crippen MR) is 147 cm³/mol. The van der Waals surface area contributed by atoms with Crippen LogP contribution < -0.4 is 0 Å². The smallest absolute Gasteiger partial charge is 0.294 e. The molecule has 4 rings (SSSR count). The minimum absolute atomic E-state index is 0.0908. The van der Waals surface area contributed by atoms with Crippen molar-refractivity contribution in [1.82, 2.24) is 19.3 Å². The Kier molecular flexibility index (Phi) is 7.37. The molecule has 37 heavy (non-hydrogen) atoms. The van der Waals surface area contributed by atoms with Crippen molar-refractivity contribution in [3.8, 4) is 0 Å². The fourth-order valence-corrected chi connectivity index (χ4v) is 4.79. The van der Waals surface area contributed by atoms with Gasteiger partial charge in [0.1, 0.15) is 0 Å². The molecule has 2 aromatic carbocycles. The van der Waals surface area contributed by atoms with E-state index in [1.165, 1.54) is 16.0 Å². The number of nitrogens with zero attached hydrogens (tertiary/aromatic N) is 4. The SMILES string of the molecule is C=C1CN(Cc2ccc(C)cc2)CCN1C(=O)c1c(C)n(C)c2ccc(C(=O)C(=O)N(C)C(C)C)cc12. The normalized spacial score (nSPS) is 14.5. The second-order valence-corrected chi connectivity index (χ2v) is 10.3. The second-order valence-electron chi connectivity index (χ2n) is 10.3. The van der Waals surface area contributed by atoms with Crippen LogP contribution in [0.5, 0.6) is 0 Å². The summed E-state index contributed by atoms with van der Waals surface area (Å²) in [4.78, 5) is 44.9. The van der Waals surface area contributed by atoms with E-state index in [0.29, 0.717) is 24.0 Å². The fraction of sp³-hybridized carbons (Fsp3) is 0.367. The van der Waals surface area contributed by atoms with Crippen molar-refractivity contribution < 1.29 is 14.4 Å². The van der Waals surface area contributed by atoms with Crippen LogP contribution in [-0.4, -0.2) is 69.6 Å². The molecule has 1 fully saturated rings. The number of amides is 2. The van der Waals surface area contributed by atoms with E-state index in [4.69, 9.17) is 0 Å². The van der Waals surface area contributed by atoms with Crippen molar-refractivity contribution in [3.63, 3.8) is 0 Å². The Morgan fingerprint density at radius 3 is 2.32 bits per heavy atom. The van der Waals surface area contributed by atoms with Crippen LogP contribution in [0.2, 0.25) is 0 Å². The summed E-state index contributed by atoms with van der Waals surface area (Å²) >= 11 is 0. The van der Waals surface area contributed by atoms with Gasteiger partial charge in [-0.3, -0.25) is 19.3 Å². The summed E-state index contributed by atoms with van der Waals surface area (Å²) in [5, 5.41) is 0.672. The van der Waals surface area contributed by atoms with Crippen LogP contribution in [0.4, 0.5) is 0 Å². The van der Waals surface area contributed by atoms with Gasteiger partial charge in [-0.25, -0.2) is 0 Å². The molecule has 0 N–H and O–H groups in total. The molecule has 1 aliphatic heterocycles. The number of fused-ring (bicyclic) bond motifs is 1. The van der Waals surface area contributed by atoms with E-state index >= 15 is 0 Å². The van der Waals surface area contributed by atoms with Crippen LogP contribution >= 0.6 is 0 Å². The first-order chi connectivity index (χ1) is 17.5. The molecule has 0 radical (unpaired) electrons. The Labute approximate surface area is 218 Å². The maximum Gasteiger partial charge on any atom is 0.294 e. The number of carbonyl (C=O) groups is 3. The molecule has 1 aliphatic rings. The molecule has 194 valence electrons. The minimum Gasteiger partial charge on any atom is -0.347 e. The predicted octanol–water partition coefficient (Wildman–Crippen LogP) is 4.32. The largest absolute Gasteiger partial charge is 0.347 e. The van der Waals surface area contributed by atoms with Gasteiger partial charge >= 0.3 is 0 Å². The first kappa shape index (κ1) is 26.4. The van der Waals surface area contributed by atoms with Crippen molar-refractivity contribution in [2.24, 2.45) is 7.05 Å². The van der Waals surface area contributed by atoms with Crippen molar-refractivity contribution >= 4 is 28.5 Å².